The average molecular weight is 296 g/mol. The second-order valence-electron chi connectivity index (χ2n) is 3.56. The van der Waals surface area contributed by atoms with Crippen molar-refractivity contribution in [1.82, 2.24) is 4.98 Å². The Labute approximate surface area is 119 Å². The second kappa shape index (κ2) is 5.95. The lowest BCUT2D eigenvalue weighted by molar-refractivity contribution is 0.0690. The van der Waals surface area contributed by atoms with Gasteiger partial charge >= 0.3 is 5.97 Å². The van der Waals surface area contributed by atoms with Gasteiger partial charge in [0, 0.05) is 11.0 Å². The van der Waals surface area contributed by atoms with Crippen LogP contribution in [0.5, 0.6) is 11.6 Å². The normalized spacial score (nSPS) is 10.2. The molecule has 19 heavy (non-hydrogen) atoms. The van der Waals surface area contributed by atoms with Gasteiger partial charge in [0.15, 0.2) is 5.69 Å². The van der Waals surface area contributed by atoms with Gasteiger partial charge in [0.05, 0.1) is 5.02 Å². The molecule has 0 saturated heterocycles. The number of benzene rings is 1. The zero-order chi connectivity index (χ0) is 13.8. The predicted octanol–water partition coefficient (Wildman–Crippen LogP) is 3.95. The molecule has 6 heteroatoms. The number of pyridine rings is 1. The first-order valence-corrected chi connectivity index (χ1v) is 6.92. The zero-order valence-electron chi connectivity index (χ0n) is 9.96. The molecule has 0 saturated carbocycles. The second-order valence-corrected chi connectivity index (χ2v) is 4.85. The first kappa shape index (κ1) is 13.7. The average Bonchev–Trinajstić information content (AvgIpc) is 2.41. The van der Waals surface area contributed by atoms with Crippen molar-refractivity contribution in [2.75, 3.05) is 6.26 Å². The fourth-order valence-corrected chi connectivity index (χ4v) is 1.99. The van der Waals surface area contributed by atoms with Gasteiger partial charge in [-0.3, -0.25) is 0 Å². The van der Waals surface area contributed by atoms with E-state index in [9.17, 15) is 4.79 Å². The number of ether oxygens (including phenoxy) is 1. The molecule has 4 nitrogen and oxygen atoms in total. The van der Waals surface area contributed by atoms with Crippen molar-refractivity contribution in [3.05, 3.63) is 47.1 Å². The monoisotopic (exact) mass is 295 g/mol. The molecule has 0 amide bonds. The van der Waals surface area contributed by atoms with Crippen molar-refractivity contribution in [2.45, 2.75) is 4.90 Å². The molecule has 0 aliphatic carbocycles. The first-order chi connectivity index (χ1) is 9.10. The highest BCUT2D eigenvalue weighted by Crippen LogP contribution is 2.25. The fourth-order valence-electron chi connectivity index (χ4n) is 1.40. The summed E-state index contributed by atoms with van der Waals surface area (Å²) in [6.45, 7) is 0. The lowest BCUT2D eigenvalue weighted by atomic mass is 10.3. The van der Waals surface area contributed by atoms with Gasteiger partial charge in [-0.05, 0) is 36.6 Å². The third-order valence-electron chi connectivity index (χ3n) is 2.30. The van der Waals surface area contributed by atoms with Crippen molar-refractivity contribution in [3.63, 3.8) is 0 Å². The van der Waals surface area contributed by atoms with Crippen LogP contribution in [0.25, 0.3) is 0 Å². The number of halogens is 1. The molecule has 2 aromatic rings. The van der Waals surface area contributed by atoms with E-state index in [1.165, 1.54) is 12.1 Å². The summed E-state index contributed by atoms with van der Waals surface area (Å²) in [5.41, 5.74) is -0.222. The highest BCUT2D eigenvalue weighted by Gasteiger charge is 2.12. The first-order valence-electron chi connectivity index (χ1n) is 5.32. The number of hydrogen-bond donors (Lipinski definition) is 1. The summed E-state index contributed by atoms with van der Waals surface area (Å²) >= 11 is 7.36. The van der Waals surface area contributed by atoms with Crippen LogP contribution in [0.2, 0.25) is 5.02 Å². The van der Waals surface area contributed by atoms with Crippen LogP contribution in [-0.2, 0) is 0 Å². The summed E-state index contributed by atoms with van der Waals surface area (Å²) in [6, 6.07) is 10.4. The summed E-state index contributed by atoms with van der Waals surface area (Å²) in [5.74, 6) is -0.407. The van der Waals surface area contributed by atoms with E-state index in [1.54, 1.807) is 23.9 Å². The Morgan fingerprint density at radius 1 is 1.26 bits per heavy atom. The summed E-state index contributed by atoms with van der Waals surface area (Å²) in [7, 11) is 0. The Hall–Kier alpha value is -1.72. The SMILES string of the molecule is CSc1ccc(Oc2ccc(Cl)c(C(=O)O)n2)cc1. The Balaban J connectivity index is 2.22. The van der Waals surface area contributed by atoms with Crippen molar-refractivity contribution >= 4 is 29.3 Å². The number of carbonyl (C=O) groups is 1. The number of carboxylic acids is 1. The summed E-state index contributed by atoms with van der Waals surface area (Å²) in [6.07, 6.45) is 1.98. The van der Waals surface area contributed by atoms with Gasteiger partial charge in [-0.15, -0.1) is 11.8 Å². The minimum absolute atomic E-state index is 0.0811. The smallest absolute Gasteiger partial charge is 0.356 e. The van der Waals surface area contributed by atoms with Crippen molar-refractivity contribution < 1.29 is 14.6 Å². The molecule has 98 valence electrons. The molecule has 0 atom stereocenters. The van der Waals surface area contributed by atoms with E-state index in [2.05, 4.69) is 4.98 Å². The maximum Gasteiger partial charge on any atom is 0.356 e. The van der Waals surface area contributed by atoms with Crippen LogP contribution in [0.4, 0.5) is 0 Å². The number of nitrogens with zero attached hydrogens (tertiary/aromatic N) is 1. The van der Waals surface area contributed by atoms with Gasteiger partial charge in [-0.25, -0.2) is 9.78 Å². The van der Waals surface area contributed by atoms with Crippen LogP contribution in [0.3, 0.4) is 0 Å². The van der Waals surface area contributed by atoms with E-state index >= 15 is 0 Å². The van der Waals surface area contributed by atoms with Crippen LogP contribution in [0.15, 0.2) is 41.3 Å². The number of aromatic carboxylic acids is 1. The van der Waals surface area contributed by atoms with Crippen molar-refractivity contribution in [2.24, 2.45) is 0 Å². The van der Waals surface area contributed by atoms with E-state index in [-0.39, 0.29) is 16.6 Å². The molecule has 0 aliphatic rings. The highest BCUT2D eigenvalue weighted by molar-refractivity contribution is 7.98. The van der Waals surface area contributed by atoms with E-state index in [0.29, 0.717) is 5.75 Å². The maximum absolute atomic E-state index is 10.9. The Bertz CT molecular complexity index is 601. The van der Waals surface area contributed by atoms with Gasteiger partial charge in [0.2, 0.25) is 5.88 Å². The van der Waals surface area contributed by atoms with Crippen LogP contribution in [-0.4, -0.2) is 22.3 Å². The molecule has 0 aliphatic heterocycles. The third-order valence-corrected chi connectivity index (χ3v) is 3.35. The summed E-state index contributed by atoms with van der Waals surface area (Å²) in [5, 5.41) is 9.00. The standard InChI is InChI=1S/C13H10ClNO3S/c1-19-9-4-2-8(3-5-9)18-11-7-6-10(14)12(15-11)13(16)17/h2-7H,1H3,(H,16,17). The molecule has 0 spiro atoms. The van der Waals surface area contributed by atoms with Gasteiger partial charge in [0.25, 0.3) is 0 Å². The van der Waals surface area contributed by atoms with Crippen molar-refractivity contribution in [1.29, 1.82) is 0 Å². The molecule has 1 aromatic heterocycles. The largest absolute Gasteiger partial charge is 0.476 e. The maximum atomic E-state index is 10.9. The van der Waals surface area contributed by atoms with Crippen molar-refractivity contribution in [3.8, 4) is 11.6 Å². The molecule has 1 aromatic carbocycles. The van der Waals surface area contributed by atoms with Crippen LogP contribution >= 0.6 is 23.4 Å². The van der Waals surface area contributed by atoms with Gasteiger partial charge in [-0.2, -0.15) is 0 Å². The molecule has 0 unspecified atom stereocenters. The minimum Gasteiger partial charge on any atom is -0.476 e. The number of carboxylic acid groups (broad SMARTS) is 1. The zero-order valence-corrected chi connectivity index (χ0v) is 11.5. The number of thioether (sulfide) groups is 1. The molecular formula is C13H10ClNO3S. The lowest BCUT2D eigenvalue weighted by Crippen LogP contribution is -2.02. The van der Waals surface area contributed by atoms with E-state index < -0.39 is 5.97 Å². The van der Waals surface area contributed by atoms with E-state index in [1.807, 2.05) is 18.4 Å². The van der Waals surface area contributed by atoms with Crippen LogP contribution in [0, 0.1) is 0 Å². The van der Waals surface area contributed by atoms with E-state index in [0.717, 1.165) is 4.90 Å². The van der Waals surface area contributed by atoms with Gasteiger partial charge in [0.1, 0.15) is 5.75 Å². The molecule has 0 bridgehead atoms. The van der Waals surface area contributed by atoms with Gasteiger partial charge in [-0.1, -0.05) is 11.6 Å². The minimum atomic E-state index is -1.19. The predicted molar refractivity (Wildman–Crippen MR) is 74.5 cm³/mol. The van der Waals surface area contributed by atoms with Gasteiger partial charge < -0.3 is 9.84 Å². The topological polar surface area (TPSA) is 59.4 Å². The quantitative estimate of drug-likeness (QED) is 0.866. The molecule has 1 N–H and O–H groups in total. The van der Waals surface area contributed by atoms with Crippen LogP contribution < -0.4 is 4.74 Å². The fraction of sp³-hybridized carbons (Fsp3) is 0.0769. The van der Waals surface area contributed by atoms with E-state index in [4.69, 9.17) is 21.4 Å². The summed E-state index contributed by atoms with van der Waals surface area (Å²) in [4.78, 5) is 15.9. The molecule has 0 radical (unpaired) electrons. The number of rotatable bonds is 4. The number of aromatic nitrogens is 1. The lowest BCUT2D eigenvalue weighted by Gasteiger charge is -2.06. The Morgan fingerprint density at radius 2 is 1.95 bits per heavy atom. The molecule has 0 fully saturated rings. The Kier molecular flexibility index (Phi) is 4.29. The third kappa shape index (κ3) is 3.39. The Morgan fingerprint density at radius 3 is 2.53 bits per heavy atom. The molecular weight excluding hydrogens is 286 g/mol. The molecule has 1 heterocycles. The van der Waals surface area contributed by atoms with Crippen LogP contribution in [0.1, 0.15) is 10.5 Å². The molecule has 2 rings (SSSR count). The highest BCUT2D eigenvalue weighted by atomic mass is 35.5. The summed E-state index contributed by atoms with van der Waals surface area (Å²) < 4.78 is 5.48. The number of hydrogen-bond acceptors (Lipinski definition) is 4.